The fourth-order valence-electron chi connectivity index (χ4n) is 1.13. The Balaban J connectivity index is 2.49. The second kappa shape index (κ2) is 3.83. The van der Waals surface area contributed by atoms with Gasteiger partial charge in [0, 0.05) is 0 Å². The van der Waals surface area contributed by atoms with Crippen molar-refractivity contribution in [3.63, 3.8) is 0 Å². The monoisotopic (exact) mass is 166 g/mol. The van der Waals surface area contributed by atoms with Gasteiger partial charge in [0.1, 0.15) is 0 Å². The first-order valence-electron chi connectivity index (χ1n) is 4.70. The maximum Gasteiger partial charge on any atom is 0.0736 e. The fourth-order valence-corrected chi connectivity index (χ4v) is 1.13. The van der Waals surface area contributed by atoms with Crippen LogP contribution in [0.5, 0.6) is 0 Å². The fraction of sp³-hybridized carbons (Fsp3) is 0.800. The van der Waals surface area contributed by atoms with Crippen LogP contribution in [0.25, 0.3) is 0 Å². The Labute approximate surface area is 74.8 Å². The lowest BCUT2D eigenvalue weighted by atomic mass is 10.1. The molecule has 0 unspecified atom stereocenters. The zero-order valence-corrected chi connectivity index (χ0v) is 8.30. The summed E-state index contributed by atoms with van der Waals surface area (Å²) >= 11 is 0. The zero-order valence-electron chi connectivity index (χ0n) is 8.30. The summed E-state index contributed by atoms with van der Waals surface area (Å²) in [4.78, 5) is 0. The number of allylic oxidation sites excluding steroid dienone is 2. The van der Waals surface area contributed by atoms with Gasteiger partial charge in [-0.3, -0.25) is 0 Å². The van der Waals surface area contributed by atoms with Gasteiger partial charge in [-0.2, -0.15) is 10.2 Å². The van der Waals surface area contributed by atoms with E-state index in [0.717, 1.165) is 6.42 Å². The molecule has 0 radical (unpaired) electrons. The second-order valence-electron chi connectivity index (χ2n) is 4.31. The third kappa shape index (κ3) is 3.65. The third-order valence-electron chi connectivity index (χ3n) is 1.75. The van der Waals surface area contributed by atoms with Crippen molar-refractivity contribution in [2.45, 2.75) is 52.0 Å². The van der Waals surface area contributed by atoms with E-state index in [9.17, 15) is 0 Å². The summed E-state index contributed by atoms with van der Waals surface area (Å²) in [5.41, 5.74) is 1.15. The van der Waals surface area contributed by atoms with Crippen LogP contribution in [-0.4, -0.2) is 5.54 Å². The molecule has 1 aliphatic rings. The molecule has 1 aliphatic carbocycles. The highest BCUT2D eigenvalue weighted by molar-refractivity contribution is 5.02. The van der Waals surface area contributed by atoms with Crippen LogP contribution in [0.15, 0.2) is 22.0 Å². The molecule has 12 heavy (non-hydrogen) atoms. The molecule has 0 heterocycles. The molecule has 0 fully saturated rings. The maximum absolute atomic E-state index is 4.24. The van der Waals surface area contributed by atoms with Crippen LogP contribution >= 0.6 is 0 Å². The Bertz CT molecular complexity index is 196. The van der Waals surface area contributed by atoms with Crippen molar-refractivity contribution in [3.05, 3.63) is 11.8 Å². The van der Waals surface area contributed by atoms with Gasteiger partial charge in [0.2, 0.25) is 0 Å². The van der Waals surface area contributed by atoms with Gasteiger partial charge >= 0.3 is 0 Å². The van der Waals surface area contributed by atoms with E-state index in [4.69, 9.17) is 0 Å². The lowest BCUT2D eigenvalue weighted by Gasteiger charge is -2.11. The molecule has 0 N–H and O–H groups in total. The molecule has 0 bridgehead atoms. The van der Waals surface area contributed by atoms with Crippen LogP contribution < -0.4 is 0 Å². The van der Waals surface area contributed by atoms with Gasteiger partial charge < -0.3 is 0 Å². The van der Waals surface area contributed by atoms with Crippen molar-refractivity contribution in [1.82, 2.24) is 0 Å². The molecule has 0 aliphatic heterocycles. The first-order valence-corrected chi connectivity index (χ1v) is 4.70. The minimum atomic E-state index is -0.0295. The van der Waals surface area contributed by atoms with Crippen LogP contribution in [0.2, 0.25) is 0 Å². The van der Waals surface area contributed by atoms with E-state index in [2.05, 4.69) is 37.1 Å². The highest BCUT2D eigenvalue weighted by Gasteiger charge is 2.08. The standard InChI is InChI=1S/C10H18N2/c1-10(2,3)12-11-9-7-5-4-6-8-9/h7H,4-6,8H2,1-3H3/b12-11+. The van der Waals surface area contributed by atoms with Gasteiger partial charge in [-0.25, -0.2) is 0 Å². The van der Waals surface area contributed by atoms with E-state index in [1.54, 1.807) is 0 Å². The van der Waals surface area contributed by atoms with Crippen molar-refractivity contribution in [1.29, 1.82) is 0 Å². The molecular formula is C10H18N2. The minimum absolute atomic E-state index is 0.0295. The number of hydrogen-bond acceptors (Lipinski definition) is 2. The van der Waals surface area contributed by atoms with Crippen molar-refractivity contribution >= 4 is 0 Å². The largest absolute Gasteiger partial charge is 0.183 e. The van der Waals surface area contributed by atoms with Gasteiger partial charge in [-0.15, -0.1) is 0 Å². The lowest BCUT2D eigenvalue weighted by molar-refractivity contribution is 0.541. The summed E-state index contributed by atoms with van der Waals surface area (Å²) in [5, 5.41) is 8.48. The van der Waals surface area contributed by atoms with Crippen molar-refractivity contribution in [2.24, 2.45) is 10.2 Å². The molecular weight excluding hydrogens is 148 g/mol. The van der Waals surface area contributed by atoms with E-state index < -0.39 is 0 Å². The van der Waals surface area contributed by atoms with Crippen LogP contribution in [-0.2, 0) is 0 Å². The SMILES string of the molecule is CC(C)(C)/N=N/C1=CCCCC1. The van der Waals surface area contributed by atoms with Gasteiger partial charge in [0.25, 0.3) is 0 Å². The predicted molar refractivity (Wildman–Crippen MR) is 51.2 cm³/mol. The Morgan fingerprint density at radius 2 is 2.00 bits per heavy atom. The number of nitrogens with zero attached hydrogens (tertiary/aromatic N) is 2. The Morgan fingerprint density at radius 1 is 1.25 bits per heavy atom. The van der Waals surface area contributed by atoms with Crippen LogP contribution in [0.3, 0.4) is 0 Å². The number of rotatable bonds is 1. The summed E-state index contributed by atoms with van der Waals surface area (Å²) < 4.78 is 0. The quantitative estimate of drug-likeness (QED) is 0.531. The molecule has 0 atom stereocenters. The zero-order chi connectivity index (χ0) is 9.03. The van der Waals surface area contributed by atoms with E-state index >= 15 is 0 Å². The molecule has 0 aromatic heterocycles. The Hall–Kier alpha value is -0.660. The molecule has 2 nitrogen and oxygen atoms in total. The van der Waals surface area contributed by atoms with E-state index in [-0.39, 0.29) is 5.54 Å². The molecule has 0 amide bonds. The smallest absolute Gasteiger partial charge is 0.0736 e. The molecule has 68 valence electrons. The summed E-state index contributed by atoms with van der Waals surface area (Å²) in [6.07, 6.45) is 7.08. The Kier molecular flexibility index (Phi) is 3.01. The van der Waals surface area contributed by atoms with E-state index in [1.165, 1.54) is 25.0 Å². The highest BCUT2D eigenvalue weighted by Crippen LogP contribution is 2.20. The molecule has 0 aromatic carbocycles. The average Bonchev–Trinajstić information content (AvgIpc) is 2.02. The van der Waals surface area contributed by atoms with Gasteiger partial charge in [0.15, 0.2) is 0 Å². The van der Waals surface area contributed by atoms with Gasteiger partial charge in [0.05, 0.1) is 11.2 Å². The Morgan fingerprint density at radius 3 is 2.50 bits per heavy atom. The van der Waals surface area contributed by atoms with Crippen LogP contribution in [0.1, 0.15) is 46.5 Å². The molecule has 1 rings (SSSR count). The minimum Gasteiger partial charge on any atom is -0.183 e. The maximum atomic E-state index is 4.24. The van der Waals surface area contributed by atoms with E-state index in [1.807, 2.05) is 0 Å². The summed E-state index contributed by atoms with van der Waals surface area (Å²) in [7, 11) is 0. The lowest BCUT2D eigenvalue weighted by Crippen LogP contribution is -2.08. The molecule has 0 spiro atoms. The predicted octanol–water partition coefficient (Wildman–Crippen LogP) is 3.70. The molecule has 0 saturated carbocycles. The second-order valence-corrected chi connectivity index (χ2v) is 4.31. The molecule has 0 aromatic rings. The summed E-state index contributed by atoms with van der Waals surface area (Å²) in [6, 6.07) is 0. The highest BCUT2D eigenvalue weighted by atomic mass is 15.1. The number of azo groups is 1. The normalized spacial score (nSPS) is 19.8. The van der Waals surface area contributed by atoms with Crippen molar-refractivity contribution < 1.29 is 0 Å². The van der Waals surface area contributed by atoms with Crippen molar-refractivity contribution in [2.75, 3.05) is 0 Å². The number of hydrogen-bond donors (Lipinski definition) is 0. The molecule has 2 heteroatoms. The van der Waals surface area contributed by atoms with Crippen LogP contribution in [0, 0.1) is 0 Å². The van der Waals surface area contributed by atoms with Gasteiger partial charge in [-0.05, 0) is 46.5 Å². The molecule has 0 saturated heterocycles. The topological polar surface area (TPSA) is 24.7 Å². The first kappa shape index (κ1) is 9.43. The average molecular weight is 166 g/mol. The summed E-state index contributed by atoms with van der Waals surface area (Å²) in [6.45, 7) is 6.21. The summed E-state index contributed by atoms with van der Waals surface area (Å²) in [5.74, 6) is 0. The van der Waals surface area contributed by atoms with Crippen LogP contribution in [0.4, 0.5) is 0 Å². The van der Waals surface area contributed by atoms with E-state index in [0.29, 0.717) is 0 Å². The van der Waals surface area contributed by atoms with Crippen molar-refractivity contribution in [3.8, 4) is 0 Å². The first-order chi connectivity index (χ1) is 5.58. The van der Waals surface area contributed by atoms with Gasteiger partial charge in [-0.1, -0.05) is 6.08 Å². The third-order valence-corrected chi connectivity index (χ3v) is 1.75.